The summed E-state index contributed by atoms with van der Waals surface area (Å²) in [4.78, 5) is 13.7. The van der Waals surface area contributed by atoms with Crippen molar-refractivity contribution in [3.8, 4) is 10.4 Å². The quantitative estimate of drug-likeness (QED) is 0.742. The number of anilines is 1. The van der Waals surface area contributed by atoms with Crippen LogP contribution in [0.3, 0.4) is 0 Å². The van der Waals surface area contributed by atoms with E-state index in [0.29, 0.717) is 20.7 Å². The fourth-order valence-corrected chi connectivity index (χ4v) is 3.39. The van der Waals surface area contributed by atoms with Crippen molar-refractivity contribution in [2.45, 2.75) is 0 Å². The van der Waals surface area contributed by atoms with E-state index in [0.717, 1.165) is 10.4 Å². The molecule has 4 nitrogen and oxygen atoms in total. The lowest BCUT2D eigenvalue weighted by Gasteiger charge is -2.00. The second-order valence-corrected chi connectivity index (χ2v) is 6.61. The van der Waals surface area contributed by atoms with Crippen molar-refractivity contribution in [1.82, 2.24) is 9.78 Å². The first-order valence-corrected chi connectivity index (χ1v) is 7.96. The topological polar surface area (TPSA) is 46.9 Å². The molecule has 0 bridgehead atoms. The van der Waals surface area contributed by atoms with Crippen LogP contribution in [-0.2, 0) is 7.05 Å². The number of hydrogen-bond donors (Lipinski definition) is 1. The fourth-order valence-electron chi connectivity index (χ4n) is 1.97. The highest BCUT2D eigenvalue weighted by atomic mass is 35.5. The summed E-state index contributed by atoms with van der Waals surface area (Å²) < 4.78 is 1.63. The maximum Gasteiger partial charge on any atom is 0.266 e. The molecule has 7 heteroatoms. The van der Waals surface area contributed by atoms with Gasteiger partial charge >= 0.3 is 0 Å². The molecule has 3 aromatic rings. The largest absolute Gasteiger partial charge is 0.304 e. The zero-order valence-corrected chi connectivity index (χ0v) is 13.8. The summed E-state index contributed by atoms with van der Waals surface area (Å²) >= 11 is 13.4. The molecule has 0 saturated carbocycles. The lowest BCUT2D eigenvalue weighted by molar-refractivity contribution is 0.103. The van der Waals surface area contributed by atoms with Crippen LogP contribution in [0, 0.1) is 0 Å². The molecule has 22 heavy (non-hydrogen) atoms. The van der Waals surface area contributed by atoms with E-state index in [-0.39, 0.29) is 5.91 Å². The summed E-state index contributed by atoms with van der Waals surface area (Å²) in [6.07, 6.45) is 1.77. The zero-order valence-electron chi connectivity index (χ0n) is 11.5. The molecule has 0 atom stereocenters. The molecule has 3 rings (SSSR count). The highest BCUT2D eigenvalue weighted by molar-refractivity contribution is 7.17. The number of nitrogens with zero attached hydrogens (tertiary/aromatic N) is 2. The maximum atomic E-state index is 12.2. The Hall–Kier alpha value is -1.82. The second kappa shape index (κ2) is 6.12. The molecule has 112 valence electrons. The van der Waals surface area contributed by atoms with Gasteiger partial charge in [-0.25, -0.2) is 0 Å². The molecule has 0 spiro atoms. The van der Waals surface area contributed by atoms with Crippen molar-refractivity contribution in [1.29, 1.82) is 0 Å². The molecule has 0 unspecified atom stereocenters. The van der Waals surface area contributed by atoms with E-state index in [1.54, 1.807) is 36.1 Å². The Morgan fingerprint density at radius 1 is 1.18 bits per heavy atom. The lowest BCUT2D eigenvalue weighted by Crippen LogP contribution is -2.10. The van der Waals surface area contributed by atoms with Crippen LogP contribution in [0.15, 0.2) is 42.6 Å². The molecule has 1 N–H and O–H groups in total. The van der Waals surface area contributed by atoms with Crippen LogP contribution in [0.4, 0.5) is 5.82 Å². The number of carbonyl (C=O) groups is 1. The molecule has 1 amide bonds. The minimum atomic E-state index is -0.192. The standard InChI is InChI=1S/C15H11Cl2N3OS/c1-20-5-4-14(19-20)18-15(21)13-3-2-12(22-13)9-6-10(16)8-11(17)7-9/h2-8H,1H3,(H,18,19,21). The Morgan fingerprint density at radius 2 is 1.91 bits per heavy atom. The number of aryl methyl sites for hydroxylation is 1. The number of benzene rings is 1. The summed E-state index contributed by atoms with van der Waals surface area (Å²) in [5.41, 5.74) is 0.888. The highest BCUT2D eigenvalue weighted by Crippen LogP contribution is 2.32. The van der Waals surface area contributed by atoms with Gasteiger partial charge in [-0.1, -0.05) is 23.2 Å². The summed E-state index contributed by atoms with van der Waals surface area (Å²) in [5.74, 6) is 0.330. The van der Waals surface area contributed by atoms with Gasteiger partial charge in [-0.15, -0.1) is 11.3 Å². The van der Waals surface area contributed by atoms with Crippen molar-refractivity contribution in [3.05, 3.63) is 57.5 Å². The van der Waals surface area contributed by atoms with Crippen LogP contribution in [0.25, 0.3) is 10.4 Å². The molecule has 0 aliphatic heterocycles. The normalized spacial score (nSPS) is 10.7. The van der Waals surface area contributed by atoms with Crippen LogP contribution in [0.5, 0.6) is 0 Å². The second-order valence-electron chi connectivity index (χ2n) is 4.65. The number of amides is 1. The van der Waals surface area contributed by atoms with Crippen molar-refractivity contribution < 1.29 is 4.79 Å². The monoisotopic (exact) mass is 351 g/mol. The van der Waals surface area contributed by atoms with Gasteiger partial charge in [0.15, 0.2) is 5.82 Å². The van der Waals surface area contributed by atoms with Crippen molar-refractivity contribution in [2.75, 3.05) is 5.32 Å². The Balaban J connectivity index is 1.82. The first-order chi connectivity index (χ1) is 10.5. The van der Waals surface area contributed by atoms with Crippen molar-refractivity contribution >= 4 is 46.3 Å². The van der Waals surface area contributed by atoms with E-state index >= 15 is 0 Å². The molecule has 2 heterocycles. The highest BCUT2D eigenvalue weighted by Gasteiger charge is 2.12. The van der Waals surface area contributed by atoms with E-state index in [1.807, 2.05) is 18.2 Å². The van der Waals surface area contributed by atoms with Crippen molar-refractivity contribution in [2.24, 2.45) is 7.05 Å². The van der Waals surface area contributed by atoms with Gasteiger partial charge in [-0.05, 0) is 35.9 Å². The number of aromatic nitrogens is 2. The number of halogens is 2. The fraction of sp³-hybridized carbons (Fsp3) is 0.0667. The predicted molar refractivity (Wildman–Crippen MR) is 90.9 cm³/mol. The number of thiophene rings is 1. The number of nitrogens with one attached hydrogen (secondary N) is 1. The first kappa shape index (κ1) is 15.1. The third kappa shape index (κ3) is 3.32. The molecule has 0 fully saturated rings. The van der Waals surface area contributed by atoms with E-state index in [9.17, 15) is 4.79 Å². The first-order valence-electron chi connectivity index (χ1n) is 6.38. The van der Waals surface area contributed by atoms with Gasteiger partial charge in [0, 0.05) is 34.2 Å². The van der Waals surface area contributed by atoms with Crippen LogP contribution < -0.4 is 5.32 Å². The van der Waals surface area contributed by atoms with Crippen LogP contribution in [0.1, 0.15) is 9.67 Å². The third-order valence-electron chi connectivity index (χ3n) is 2.93. The Labute approximate surface area is 141 Å². The Kier molecular flexibility index (Phi) is 4.20. The molecule has 0 radical (unpaired) electrons. The SMILES string of the molecule is Cn1ccc(NC(=O)c2ccc(-c3cc(Cl)cc(Cl)c3)s2)n1. The van der Waals surface area contributed by atoms with Gasteiger partial charge in [0.25, 0.3) is 5.91 Å². The number of hydrogen-bond acceptors (Lipinski definition) is 3. The summed E-state index contributed by atoms with van der Waals surface area (Å²) in [6, 6.07) is 10.7. The summed E-state index contributed by atoms with van der Waals surface area (Å²) in [7, 11) is 1.79. The minimum Gasteiger partial charge on any atom is -0.304 e. The van der Waals surface area contributed by atoms with Crippen LogP contribution >= 0.6 is 34.5 Å². The lowest BCUT2D eigenvalue weighted by atomic mass is 10.2. The van der Waals surface area contributed by atoms with E-state index in [2.05, 4.69) is 10.4 Å². The van der Waals surface area contributed by atoms with E-state index in [4.69, 9.17) is 23.2 Å². The maximum absolute atomic E-state index is 12.2. The average Bonchev–Trinajstić information content (AvgIpc) is 3.07. The molecule has 0 aliphatic rings. The smallest absolute Gasteiger partial charge is 0.266 e. The van der Waals surface area contributed by atoms with Crippen LogP contribution in [0.2, 0.25) is 10.0 Å². The van der Waals surface area contributed by atoms with Gasteiger partial charge in [0.05, 0.1) is 4.88 Å². The molecular formula is C15H11Cl2N3OS. The molecule has 1 aromatic carbocycles. The van der Waals surface area contributed by atoms with E-state index < -0.39 is 0 Å². The number of rotatable bonds is 3. The van der Waals surface area contributed by atoms with Gasteiger partial charge in [0.1, 0.15) is 0 Å². The number of carbonyl (C=O) groups excluding carboxylic acids is 1. The Morgan fingerprint density at radius 3 is 2.55 bits per heavy atom. The molecule has 0 aliphatic carbocycles. The molecule has 2 aromatic heterocycles. The van der Waals surface area contributed by atoms with E-state index in [1.165, 1.54) is 11.3 Å². The average molecular weight is 352 g/mol. The predicted octanol–water partition coefficient (Wildman–Crippen LogP) is 4.71. The van der Waals surface area contributed by atoms with Crippen molar-refractivity contribution in [3.63, 3.8) is 0 Å². The Bertz CT molecular complexity index is 821. The zero-order chi connectivity index (χ0) is 15.7. The molecule has 0 saturated heterocycles. The third-order valence-corrected chi connectivity index (χ3v) is 4.50. The van der Waals surface area contributed by atoms with Gasteiger partial charge in [0.2, 0.25) is 0 Å². The minimum absolute atomic E-state index is 0.192. The summed E-state index contributed by atoms with van der Waals surface area (Å²) in [5, 5.41) is 8.00. The van der Waals surface area contributed by atoms with Gasteiger partial charge in [-0.3, -0.25) is 9.48 Å². The van der Waals surface area contributed by atoms with Gasteiger partial charge < -0.3 is 5.32 Å². The van der Waals surface area contributed by atoms with Crippen LogP contribution in [-0.4, -0.2) is 15.7 Å². The molecular weight excluding hydrogens is 341 g/mol. The van der Waals surface area contributed by atoms with Gasteiger partial charge in [-0.2, -0.15) is 5.10 Å². The summed E-state index contributed by atoms with van der Waals surface area (Å²) in [6.45, 7) is 0.